The molecule has 1 N–H and O–H groups in total. The van der Waals surface area contributed by atoms with Crippen molar-refractivity contribution in [2.24, 2.45) is 5.92 Å². The lowest BCUT2D eigenvalue weighted by molar-refractivity contribution is 0.0269. The zero-order valence-electron chi connectivity index (χ0n) is 12.4. The largest absolute Gasteiger partial charge is 0.311 e. The summed E-state index contributed by atoms with van der Waals surface area (Å²) in [5.74, 6) is 0.548. The topological polar surface area (TPSA) is 28.2 Å². The first kappa shape index (κ1) is 14.0. The number of aromatic nitrogens is 1. The second kappa shape index (κ2) is 5.41. The zero-order chi connectivity index (χ0) is 14.2. The molecular weight excluding hydrogens is 253 g/mol. The van der Waals surface area contributed by atoms with E-state index in [1.165, 1.54) is 19.0 Å². The third kappa shape index (κ3) is 2.72. The monoisotopic (exact) mass is 277 g/mol. The Morgan fingerprint density at radius 2 is 2.25 bits per heavy atom. The van der Waals surface area contributed by atoms with Crippen molar-refractivity contribution >= 4 is 0 Å². The molecule has 0 bridgehead atoms. The van der Waals surface area contributed by atoms with E-state index >= 15 is 0 Å². The van der Waals surface area contributed by atoms with Crippen molar-refractivity contribution in [3.63, 3.8) is 0 Å². The Morgan fingerprint density at radius 3 is 2.90 bits per heavy atom. The summed E-state index contributed by atoms with van der Waals surface area (Å²) in [6.07, 6.45) is 6.86. The van der Waals surface area contributed by atoms with E-state index in [0.29, 0.717) is 6.04 Å². The lowest BCUT2D eigenvalue weighted by atomic mass is 9.88. The van der Waals surface area contributed by atoms with Gasteiger partial charge in [0.05, 0.1) is 6.20 Å². The van der Waals surface area contributed by atoms with Crippen molar-refractivity contribution in [3.8, 4) is 0 Å². The highest BCUT2D eigenvalue weighted by Gasteiger charge is 2.47. The first-order valence-electron chi connectivity index (χ1n) is 7.69. The molecule has 2 unspecified atom stereocenters. The Balaban J connectivity index is 1.78. The van der Waals surface area contributed by atoms with Gasteiger partial charge in [-0.1, -0.05) is 6.92 Å². The molecule has 0 amide bonds. The third-order valence-electron chi connectivity index (χ3n) is 5.00. The highest BCUT2D eigenvalue weighted by molar-refractivity contribution is 5.13. The van der Waals surface area contributed by atoms with E-state index in [1.54, 1.807) is 12.3 Å². The van der Waals surface area contributed by atoms with Gasteiger partial charge in [-0.15, -0.1) is 0 Å². The molecule has 1 saturated heterocycles. The summed E-state index contributed by atoms with van der Waals surface area (Å²) >= 11 is 0. The summed E-state index contributed by atoms with van der Waals surface area (Å²) in [5, 5.41) is 3.68. The fraction of sp³-hybridized carbons (Fsp3) is 0.688. The normalized spacial score (nSPS) is 31.4. The number of nitrogens with one attached hydrogen (secondary N) is 1. The molecule has 0 aromatic carbocycles. The lowest BCUT2D eigenvalue weighted by Crippen LogP contribution is -2.63. The number of rotatable bonds is 4. The molecule has 4 heteroatoms. The Labute approximate surface area is 120 Å². The minimum Gasteiger partial charge on any atom is -0.311 e. The van der Waals surface area contributed by atoms with Gasteiger partial charge in [-0.3, -0.25) is 9.88 Å². The summed E-state index contributed by atoms with van der Waals surface area (Å²) in [6, 6.07) is 2.16. The van der Waals surface area contributed by atoms with Gasteiger partial charge in [-0.2, -0.15) is 0 Å². The highest BCUT2D eigenvalue weighted by atomic mass is 19.1. The number of nitrogens with zero attached hydrogens (tertiary/aromatic N) is 2. The van der Waals surface area contributed by atoms with E-state index in [-0.39, 0.29) is 11.4 Å². The molecule has 2 fully saturated rings. The van der Waals surface area contributed by atoms with Crippen LogP contribution in [0, 0.1) is 11.7 Å². The summed E-state index contributed by atoms with van der Waals surface area (Å²) in [7, 11) is 0. The zero-order valence-corrected chi connectivity index (χ0v) is 12.4. The van der Waals surface area contributed by atoms with Crippen molar-refractivity contribution in [1.29, 1.82) is 0 Å². The summed E-state index contributed by atoms with van der Waals surface area (Å²) in [4.78, 5) is 6.53. The molecule has 2 aliphatic rings. The molecule has 3 rings (SSSR count). The van der Waals surface area contributed by atoms with Crippen LogP contribution in [0.1, 0.15) is 38.7 Å². The smallest absolute Gasteiger partial charge is 0.141 e. The first-order valence-corrected chi connectivity index (χ1v) is 7.69. The number of halogens is 1. The van der Waals surface area contributed by atoms with Crippen LogP contribution in [0.3, 0.4) is 0 Å². The molecule has 0 radical (unpaired) electrons. The Kier molecular flexibility index (Phi) is 3.78. The molecule has 2 atom stereocenters. The fourth-order valence-corrected chi connectivity index (χ4v) is 3.39. The van der Waals surface area contributed by atoms with Crippen LogP contribution in [0.15, 0.2) is 18.5 Å². The molecule has 1 aliphatic heterocycles. The second-order valence-electron chi connectivity index (χ2n) is 6.51. The molecule has 1 saturated carbocycles. The van der Waals surface area contributed by atoms with E-state index in [9.17, 15) is 4.39 Å². The number of pyridine rings is 1. The van der Waals surface area contributed by atoms with Gasteiger partial charge >= 0.3 is 0 Å². The summed E-state index contributed by atoms with van der Waals surface area (Å²) in [6.45, 7) is 7.46. The van der Waals surface area contributed by atoms with Gasteiger partial charge in [0, 0.05) is 37.4 Å². The third-order valence-corrected chi connectivity index (χ3v) is 5.00. The van der Waals surface area contributed by atoms with E-state index in [1.807, 2.05) is 0 Å². The predicted molar refractivity (Wildman–Crippen MR) is 77.8 cm³/mol. The van der Waals surface area contributed by atoms with E-state index in [4.69, 9.17) is 0 Å². The molecule has 1 aliphatic carbocycles. The van der Waals surface area contributed by atoms with Gasteiger partial charge < -0.3 is 5.32 Å². The Morgan fingerprint density at radius 1 is 1.45 bits per heavy atom. The van der Waals surface area contributed by atoms with Crippen LogP contribution >= 0.6 is 0 Å². The molecule has 1 aromatic rings. The van der Waals surface area contributed by atoms with Crippen molar-refractivity contribution in [2.75, 3.05) is 13.1 Å². The van der Waals surface area contributed by atoms with Gasteiger partial charge in [0.25, 0.3) is 0 Å². The fourth-order valence-electron chi connectivity index (χ4n) is 3.39. The highest BCUT2D eigenvalue weighted by Crippen LogP contribution is 2.44. The minimum atomic E-state index is -0.238. The summed E-state index contributed by atoms with van der Waals surface area (Å²) < 4.78 is 13.3. The van der Waals surface area contributed by atoms with Gasteiger partial charge in [0.15, 0.2) is 0 Å². The minimum absolute atomic E-state index is 0.206. The molecule has 3 nitrogen and oxygen atoms in total. The van der Waals surface area contributed by atoms with Gasteiger partial charge in [-0.25, -0.2) is 4.39 Å². The van der Waals surface area contributed by atoms with Crippen molar-refractivity contribution in [3.05, 3.63) is 29.8 Å². The van der Waals surface area contributed by atoms with Crippen molar-refractivity contribution in [2.45, 2.75) is 51.2 Å². The van der Waals surface area contributed by atoms with Crippen LogP contribution in [0.25, 0.3) is 0 Å². The Bertz CT molecular complexity index is 475. The van der Waals surface area contributed by atoms with E-state index < -0.39 is 0 Å². The maximum Gasteiger partial charge on any atom is 0.141 e. The quantitative estimate of drug-likeness (QED) is 0.917. The van der Waals surface area contributed by atoms with Gasteiger partial charge in [-0.05, 0) is 43.7 Å². The van der Waals surface area contributed by atoms with Crippen LogP contribution in [-0.4, -0.2) is 34.6 Å². The van der Waals surface area contributed by atoms with Crippen molar-refractivity contribution < 1.29 is 4.39 Å². The number of hydrogen-bond acceptors (Lipinski definition) is 3. The standard InChI is InChI=1S/C16H24FN3/c1-3-15-10-20(9-12-6-14(17)8-18-7-12)16(2,11-19-15)13-4-5-13/h6-8,13,15,19H,3-5,9-11H2,1-2H3. The molecule has 2 heterocycles. The maximum absolute atomic E-state index is 13.3. The molecule has 20 heavy (non-hydrogen) atoms. The number of hydrogen-bond donors (Lipinski definition) is 1. The molecular formula is C16H24FN3. The second-order valence-corrected chi connectivity index (χ2v) is 6.51. The van der Waals surface area contributed by atoms with Crippen LogP contribution < -0.4 is 5.32 Å². The molecule has 0 spiro atoms. The SMILES string of the molecule is CCC1CN(Cc2cncc(F)c2)C(C)(C2CC2)CN1. The van der Waals surface area contributed by atoms with Gasteiger partial charge in [0.2, 0.25) is 0 Å². The van der Waals surface area contributed by atoms with Crippen LogP contribution in [0.4, 0.5) is 4.39 Å². The van der Waals surface area contributed by atoms with Crippen LogP contribution in [-0.2, 0) is 6.54 Å². The first-order chi connectivity index (χ1) is 9.61. The van der Waals surface area contributed by atoms with Gasteiger partial charge in [0.1, 0.15) is 5.82 Å². The maximum atomic E-state index is 13.3. The predicted octanol–water partition coefficient (Wildman–Crippen LogP) is 2.57. The average molecular weight is 277 g/mol. The van der Waals surface area contributed by atoms with Crippen molar-refractivity contribution in [1.82, 2.24) is 15.2 Å². The van der Waals surface area contributed by atoms with Crippen LogP contribution in [0.5, 0.6) is 0 Å². The van der Waals surface area contributed by atoms with E-state index in [0.717, 1.165) is 37.5 Å². The average Bonchev–Trinajstić information content (AvgIpc) is 3.26. The lowest BCUT2D eigenvalue weighted by Gasteiger charge is -2.48. The molecule has 110 valence electrons. The van der Waals surface area contributed by atoms with Crippen LogP contribution in [0.2, 0.25) is 0 Å². The Hall–Kier alpha value is -1.00. The summed E-state index contributed by atoms with van der Waals surface area (Å²) in [5.41, 5.74) is 1.19. The van der Waals surface area contributed by atoms with E-state index in [2.05, 4.69) is 29.0 Å². The number of piperazine rings is 1. The molecule has 1 aromatic heterocycles.